The van der Waals surface area contributed by atoms with E-state index in [0.717, 1.165) is 12.8 Å². The molecule has 114 valence electrons. The molecule has 0 aliphatic carbocycles. The van der Waals surface area contributed by atoms with Crippen molar-refractivity contribution in [3.63, 3.8) is 0 Å². The zero-order chi connectivity index (χ0) is 15.7. The SMILES string of the molecule is CCCCC(CON=C(C=O)c1cccc(N)n1)C(=O)O. The summed E-state index contributed by atoms with van der Waals surface area (Å²) in [6.45, 7) is 1.89. The third kappa shape index (κ3) is 5.60. The summed E-state index contributed by atoms with van der Waals surface area (Å²) in [5.41, 5.74) is 5.78. The van der Waals surface area contributed by atoms with Crippen LogP contribution in [0.1, 0.15) is 31.9 Å². The molecule has 0 amide bonds. The molecule has 1 heterocycles. The van der Waals surface area contributed by atoms with Crippen LogP contribution in [0.2, 0.25) is 0 Å². The molecule has 7 heteroatoms. The van der Waals surface area contributed by atoms with E-state index in [1.54, 1.807) is 18.2 Å². The van der Waals surface area contributed by atoms with Gasteiger partial charge in [0.15, 0.2) is 12.0 Å². The van der Waals surface area contributed by atoms with E-state index < -0.39 is 11.9 Å². The van der Waals surface area contributed by atoms with E-state index in [4.69, 9.17) is 15.7 Å². The molecule has 0 aliphatic heterocycles. The number of hydrogen-bond donors (Lipinski definition) is 2. The molecule has 3 N–H and O–H groups in total. The average molecular weight is 293 g/mol. The summed E-state index contributed by atoms with van der Waals surface area (Å²) in [5, 5.41) is 12.7. The van der Waals surface area contributed by atoms with Gasteiger partial charge in [-0.2, -0.15) is 0 Å². The van der Waals surface area contributed by atoms with E-state index in [1.165, 1.54) is 0 Å². The number of carboxylic acid groups (broad SMARTS) is 1. The lowest BCUT2D eigenvalue weighted by Gasteiger charge is -2.10. The lowest BCUT2D eigenvalue weighted by molar-refractivity contribution is -0.144. The number of aliphatic carboxylic acids is 1. The van der Waals surface area contributed by atoms with Crippen LogP contribution in [0.15, 0.2) is 23.4 Å². The summed E-state index contributed by atoms with van der Waals surface area (Å²) < 4.78 is 0. The first-order chi connectivity index (χ1) is 10.1. The van der Waals surface area contributed by atoms with Crippen LogP contribution >= 0.6 is 0 Å². The Hall–Kier alpha value is -2.44. The normalized spacial score (nSPS) is 12.7. The molecular formula is C14H19N3O4. The molecule has 7 nitrogen and oxygen atoms in total. The number of unbranched alkanes of at least 4 members (excludes halogenated alkanes) is 1. The first kappa shape index (κ1) is 16.6. The number of nitrogens with zero attached hydrogens (tertiary/aromatic N) is 2. The Morgan fingerprint density at radius 2 is 2.33 bits per heavy atom. The van der Waals surface area contributed by atoms with E-state index in [-0.39, 0.29) is 23.8 Å². The Labute approximate surface area is 122 Å². The van der Waals surface area contributed by atoms with Gasteiger partial charge in [-0.05, 0) is 18.6 Å². The van der Waals surface area contributed by atoms with Gasteiger partial charge in [-0.15, -0.1) is 0 Å². The number of aldehydes is 1. The van der Waals surface area contributed by atoms with Gasteiger partial charge in [0.1, 0.15) is 12.4 Å². The molecule has 1 rings (SSSR count). The molecular weight excluding hydrogens is 274 g/mol. The van der Waals surface area contributed by atoms with Crippen molar-refractivity contribution in [2.45, 2.75) is 26.2 Å². The third-order valence-electron chi connectivity index (χ3n) is 2.84. The predicted molar refractivity (Wildman–Crippen MR) is 77.9 cm³/mol. The Morgan fingerprint density at radius 1 is 1.57 bits per heavy atom. The first-order valence-electron chi connectivity index (χ1n) is 6.69. The minimum atomic E-state index is -0.937. The van der Waals surface area contributed by atoms with Crippen molar-refractivity contribution in [3.8, 4) is 0 Å². The van der Waals surface area contributed by atoms with Crippen molar-refractivity contribution in [3.05, 3.63) is 23.9 Å². The number of carbonyl (C=O) groups is 2. The number of carboxylic acids is 1. The number of hydrogen-bond acceptors (Lipinski definition) is 6. The fraction of sp³-hybridized carbons (Fsp3) is 0.429. The summed E-state index contributed by atoms with van der Waals surface area (Å²) in [5.74, 6) is -1.32. The molecule has 1 aromatic rings. The molecule has 0 saturated heterocycles. The van der Waals surface area contributed by atoms with Crippen LogP contribution in [0.4, 0.5) is 5.82 Å². The van der Waals surface area contributed by atoms with Crippen LogP contribution < -0.4 is 5.73 Å². The second kappa shape index (κ2) is 8.68. The van der Waals surface area contributed by atoms with Crippen LogP contribution in [0.3, 0.4) is 0 Å². The molecule has 0 spiro atoms. The van der Waals surface area contributed by atoms with Gasteiger partial charge in [-0.1, -0.05) is 31.0 Å². The average Bonchev–Trinajstić information content (AvgIpc) is 2.46. The number of oxime groups is 1. The van der Waals surface area contributed by atoms with Crippen molar-refractivity contribution in [2.24, 2.45) is 11.1 Å². The van der Waals surface area contributed by atoms with Gasteiger partial charge >= 0.3 is 5.97 Å². The van der Waals surface area contributed by atoms with E-state index in [2.05, 4.69) is 10.1 Å². The third-order valence-corrected chi connectivity index (χ3v) is 2.84. The van der Waals surface area contributed by atoms with Gasteiger partial charge in [-0.25, -0.2) is 4.98 Å². The molecule has 0 radical (unpaired) electrons. The highest BCUT2D eigenvalue weighted by Gasteiger charge is 2.17. The van der Waals surface area contributed by atoms with Crippen LogP contribution in [0.25, 0.3) is 0 Å². The maximum atomic E-state index is 11.0. The van der Waals surface area contributed by atoms with Crippen molar-refractivity contribution < 1.29 is 19.5 Å². The van der Waals surface area contributed by atoms with Crippen LogP contribution in [-0.4, -0.2) is 34.7 Å². The zero-order valence-electron chi connectivity index (χ0n) is 11.9. The molecule has 1 unspecified atom stereocenters. The minimum Gasteiger partial charge on any atom is -0.481 e. The molecule has 0 bridgehead atoms. The predicted octanol–water partition coefficient (Wildman–Crippen LogP) is 1.47. The maximum absolute atomic E-state index is 11.0. The first-order valence-corrected chi connectivity index (χ1v) is 6.69. The van der Waals surface area contributed by atoms with E-state index >= 15 is 0 Å². The Bertz CT molecular complexity index is 517. The van der Waals surface area contributed by atoms with Crippen molar-refractivity contribution in [2.75, 3.05) is 12.3 Å². The van der Waals surface area contributed by atoms with Gasteiger partial charge < -0.3 is 15.7 Å². The van der Waals surface area contributed by atoms with Crippen LogP contribution in [0, 0.1) is 5.92 Å². The Kier molecular flexibility index (Phi) is 6.86. The monoisotopic (exact) mass is 293 g/mol. The number of pyridine rings is 1. The molecule has 0 aliphatic rings. The largest absolute Gasteiger partial charge is 0.481 e. The lowest BCUT2D eigenvalue weighted by atomic mass is 10.0. The van der Waals surface area contributed by atoms with Crippen LogP contribution in [-0.2, 0) is 14.4 Å². The second-order valence-corrected chi connectivity index (χ2v) is 4.52. The smallest absolute Gasteiger partial charge is 0.310 e. The molecule has 0 aromatic carbocycles. The standard InChI is InChI=1S/C14H19N3O4/c1-2-3-5-10(14(19)20)9-21-17-12(8-18)11-6-4-7-13(15)16-11/h4,6-8,10H,2-3,5,9H2,1H3,(H2,15,16)(H,19,20). The summed E-state index contributed by atoms with van der Waals surface area (Å²) in [6.07, 6.45) is 2.69. The number of carbonyl (C=O) groups excluding carboxylic acids is 1. The molecule has 1 atom stereocenters. The highest BCUT2D eigenvalue weighted by atomic mass is 16.6. The number of rotatable bonds is 9. The fourth-order valence-electron chi connectivity index (χ4n) is 1.65. The van der Waals surface area contributed by atoms with Gasteiger partial charge in [0.2, 0.25) is 0 Å². The number of anilines is 1. The summed E-state index contributed by atoms with van der Waals surface area (Å²) in [6, 6.07) is 4.79. The van der Waals surface area contributed by atoms with Crippen molar-refractivity contribution in [1.29, 1.82) is 0 Å². The molecule has 0 fully saturated rings. The van der Waals surface area contributed by atoms with Crippen molar-refractivity contribution in [1.82, 2.24) is 4.98 Å². The summed E-state index contributed by atoms with van der Waals surface area (Å²) in [4.78, 5) is 31.0. The topological polar surface area (TPSA) is 115 Å². The van der Waals surface area contributed by atoms with Gasteiger partial charge in [-0.3, -0.25) is 9.59 Å². The van der Waals surface area contributed by atoms with Gasteiger partial charge in [0.25, 0.3) is 0 Å². The maximum Gasteiger partial charge on any atom is 0.310 e. The highest BCUT2D eigenvalue weighted by Crippen LogP contribution is 2.10. The van der Waals surface area contributed by atoms with E-state index in [1.807, 2.05) is 6.92 Å². The van der Waals surface area contributed by atoms with Crippen LogP contribution in [0.5, 0.6) is 0 Å². The van der Waals surface area contributed by atoms with Gasteiger partial charge in [0.05, 0.1) is 11.6 Å². The second-order valence-electron chi connectivity index (χ2n) is 4.52. The van der Waals surface area contributed by atoms with Crippen molar-refractivity contribution >= 4 is 23.8 Å². The molecule has 21 heavy (non-hydrogen) atoms. The molecule has 1 aromatic heterocycles. The summed E-state index contributed by atoms with van der Waals surface area (Å²) >= 11 is 0. The highest BCUT2D eigenvalue weighted by molar-refractivity contribution is 6.35. The number of nitrogen functional groups attached to an aromatic ring is 1. The molecule has 0 saturated carbocycles. The Balaban J connectivity index is 2.67. The lowest BCUT2D eigenvalue weighted by Crippen LogP contribution is -2.19. The summed E-state index contributed by atoms with van der Waals surface area (Å²) in [7, 11) is 0. The zero-order valence-corrected chi connectivity index (χ0v) is 11.9. The minimum absolute atomic E-state index is 0.0260. The fourth-order valence-corrected chi connectivity index (χ4v) is 1.65. The Morgan fingerprint density at radius 3 is 2.90 bits per heavy atom. The number of aromatic nitrogens is 1. The van der Waals surface area contributed by atoms with E-state index in [9.17, 15) is 9.59 Å². The van der Waals surface area contributed by atoms with E-state index in [0.29, 0.717) is 12.7 Å². The number of nitrogens with two attached hydrogens (primary N) is 1. The quantitative estimate of drug-likeness (QED) is 0.405. The van der Waals surface area contributed by atoms with Gasteiger partial charge in [0, 0.05) is 0 Å².